The molecule has 3 nitrogen and oxygen atoms in total. The maximum absolute atomic E-state index is 12.9. The molecule has 106 valence electrons. The van der Waals surface area contributed by atoms with Gasteiger partial charge in [-0.05, 0) is 40.2 Å². The maximum atomic E-state index is 12.9. The van der Waals surface area contributed by atoms with Gasteiger partial charge >= 0.3 is 6.18 Å². The first-order valence-corrected chi connectivity index (χ1v) is 6.78. The van der Waals surface area contributed by atoms with E-state index in [2.05, 4.69) is 37.2 Å². The van der Waals surface area contributed by atoms with Crippen LogP contribution in [0.5, 0.6) is 0 Å². The molecule has 2 rings (SSSR count). The van der Waals surface area contributed by atoms with E-state index in [-0.39, 0.29) is 20.4 Å². The molecule has 20 heavy (non-hydrogen) atoms. The Bertz CT molecular complexity index is 652. The number of hydrogen-bond donors (Lipinski definition) is 1. The molecule has 1 aromatic heterocycles. The summed E-state index contributed by atoms with van der Waals surface area (Å²) in [6.45, 7) is 0. The zero-order valence-electron chi connectivity index (χ0n) is 9.59. The van der Waals surface area contributed by atoms with E-state index in [9.17, 15) is 18.0 Å². The van der Waals surface area contributed by atoms with Crippen molar-refractivity contribution in [3.63, 3.8) is 0 Å². The first kappa shape index (κ1) is 15.1. The van der Waals surface area contributed by atoms with Gasteiger partial charge in [-0.15, -0.1) is 0 Å². The van der Waals surface area contributed by atoms with Gasteiger partial charge in [0.15, 0.2) is 4.67 Å². The fourth-order valence-electron chi connectivity index (χ4n) is 1.51. The van der Waals surface area contributed by atoms with Gasteiger partial charge in [-0.3, -0.25) is 4.79 Å². The monoisotopic (exact) mass is 411 g/mol. The van der Waals surface area contributed by atoms with Gasteiger partial charge < -0.3 is 9.73 Å². The molecule has 0 saturated heterocycles. The minimum absolute atomic E-state index is 0.112. The Balaban J connectivity index is 2.35. The molecule has 0 aliphatic carbocycles. The third kappa shape index (κ3) is 3.24. The Morgan fingerprint density at radius 3 is 2.45 bits per heavy atom. The number of anilines is 1. The highest BCUT2D eigenvalue weighted by atomic mass is 79.9. The molecule has 0 saturated carbocycles. The molecule has 0 aliphatic rings. The number of alkyl halides is 3. The Morgan fingerprint density at radius 2 is 1.90 bits per heavy atom. The first-order chi connectivity index (χ1) is 9.29. The van der Waals surface area contributed by atoms with E-state index in [0.29, 0.717) is 0 Å². The van der Waals surface area contributed by atoms with E-state index in [1.54, 1.807) is 0 Å². The fraction of sp³-hybridized carbons (Fsp3) is 0.0833. The third-order valence-corrected chi connectivity index (χ3v) is 3.51. The molecule has 0 bridgehead atoms. The van der Waals surface area contributed by atoms with Crippen LogP contribution in [0.2, 0.25) is 0 Å². The number of nitrogens with one attached hydrogen (secondary N) is 1. The molecule has 0 spiro atoms. The van der Waals surface area contributed by atoms with Crippen LogP contribution in [0.25, 0.3) is 0 Å². The normalized spacial score (nSPS) is 11.4. The molecule has 0 aliphatic heterocycles. The van der Waals surface area contributed by atoms with E-state index in [1.807, 2.05) is 0 Å². The van der Waals surface area contributed by atoms with Gasteiger partial charge in [0.2, 0.25) is 0 Å². The summed E-state index contributed by atoms with van der Waals surface area (Å²) < 4.78 is 44.0. The third-order valence-electron chi connectivity index (χ3n) is 2.40. The van der Waals surface area contributed by atoms with Gasteiger partial charge in [-0.2, -0.15) is 13.2 Å². The number of benzene rings is 1. The SMILES string of the molecule is O=C(Nc1ccc(Br)cc1C(F)(F)F)c1ccoc1Br. The van der Waals surface area contributed by atoms with Crippen LogP contribution in [0.4, 0.5) is 18.9 Å². The lowest BCUT2D eigenvalue weighted by Crippen LogP contribution is -2.16. The average molecular weight is 413 g/mol. The second kappa shape index (κ2) is 5.61. The molecule has 0 unspecified atom stereocenters. The summed E-state index contributed by atoms with van der Waals surface area (Å²) in [5, 5.41) is 2.22. The lowest BCUT2D eigenvalue weighted by Gasteiger charge is -2.13. The zero-order valence-corrected chi connectivity index (χ0v) is 12.8. The summed E-state index contributed by atoms with van der Waals surface area (Å²) in [7, 11) is 0. The van der Waals surface area contributed by atoms with Crippen LogP contribution in [0.1, 0.15) is 15.9 Å². The predicted octanol–water partition coefficient (Wildman–Crippen LogP) is 5.08. The van der Waals surface area contributed by atoms with Crippen LogP contribution in [0.3, 0.4) is 0 Å². The highest BCUT2D eigenvalue weighted by molar-refractivity contribution is 9.10. The number of carbonyl (C=O) groups excluding carboxylic acids is 1. The number of rotatable bonds is 2. The summed E-state index contributed by atoms with van der Waals surface area (Å²) >= 11 is 5.96. The number of hydrogen-bond acceptors (Lipinski definition) is 2. The van der Waals surface area contributed by atoms with Crippen molar-refractivity contribution in [2.24, 2.45) is 0 Å². The van der Waals surface area contributed by atoms with Crippen molar-refractivity contribution < 1.29 is 22.4 Å². The average Bonchev–Trinajstić information content (AvgIpc) is 2.76. The summed E-state index contributed by atoms with van der Waals surface area (Å²) in [4.78, 5) is 11.9. The van der Waals surface area contributed by atoms with Gasteiger partial charge in [-0.1, -0.05) is 15.9 Å². The highest BCUT2D eigenvalue weighted by Gasteiger charge is 2.34. The highest BCUT2D eigenvalue weighted by Crippen LogP contribution is 2.36. The van der Waals surface area contributed by atoms with Crippen LogP contribution in [0, 0.1) is 0 Å². The Morgan fingerprint density at radius 1 is 1.20 bits per heavy atom. The molecule has 2 aromatic rings. The zero-order chi connectivity index (χ0) is 14.9. The van der Waals surface area contributed by atoms with Crippen molar-refractivity contribution in [3.8, 4) is 0 Å². The Kier molecular flexibility index (Phi) is 4.24. The van der Waals surface area contributed by atoms with Crippen LogP contribution >= 0.6 is 31.9 Å². The van der Waals surface area contributed by atoms with Gasteiger partial charge in [0.05, 0.1) is 23.1 Å². The van der Waals surface area contributed by atoms with Crippen molar-refractivity contribution in [2.45, 2.75) is 6.18 Å². The van der Waals surface area contributed by atoms with Gasteiger partial charge in [0.25, 0.3) is 5.91 Å². The smallest absolute Gasteiger partial charge is 0.418 e. The lowest BCUT2D eigenvalue weighted by molar-refractivity contribution is -0.136. The standard InChI is InChI=1S/C12H6Br2F3NO2/c13-6-1-2-9(8(5-6)12(15,16)17)18-11(19)7-3-4-20-10(7)14/h1-5H,(H,18,19). The topological polar surface area (TPSA) is 42.2 Å². The molecule has 0 fully saturated rings. The van der Waals surface area contributed by atoms with E-state index < -0.39 is 17.6 Å². The van der Waals surface area contributed by atoms with Gasteiger partial charge in [0, 0.05) is 4.47 Å². The van der Waals surface area contributed by atoms with E-state index in [4.69, 9.17) is 4.42 Å². The fourth-order valence-corrected chi connectivity index (χ4v) is 2.29. The molecule has 1 heterocycles. The van der Waals surface area contributed by atoms with E-state index in [0.717, 1.165) is 6.07 Å². The van der Waals surface area contributed by atoms with Crippen molar-refractivity contribution in [1.29, 1.82) is 0 Å². The summed E-state index contributed by atoms with van der Waals surface area (Å²) in [6.07, 6.45) is -3.31. The molecular weight excluding hydrogens is 407 g/mol. The molecule has 1 aromatic carbocycles. The van der Waals surface area contributed by atoms with E-state index >= 15 is 0 Å². The second-order valence-electron chi connectivity index (χ2n) is 3.75. The second-order valence-corrected chi connectivity index (χ2v) is 5.39. The number of carbonyl (C=O) groups is 1. The number of furan rings is 1. The number of halogens is 5. The van der Waals surface area contributed by atoms with Crippen LogP contribution in [-0.2, 0) is 6.18 Å². The molecule has 0 atom stereocenters. The van der Waals surface area contributed by atoms with E-state index in [1.165, 1.54) is 24.5 Å². The molecule has 0 radical (unpaired) electrons. The van der Waals surface area contributed by atoms with Crippen LogP contribution in [-0.4, -0.2) is 5.91 Å². The predicted molar refractivity (Wildman–Crippen MR) is 73.5 cm³/mol. The van der Waals surface area contributed by atoms with Gasteiger partial charge in [0.1, 0.15) is 0 Å². The molecule has 1 N–H and O–H groups in total. The Hall–Kier alpha value is -1.28. The minimum atomic E-state index is -4.57. The summed E-state index contributed by atoms with van der Waals surface area (Å²) in [5.41, 5.74) is -1.14. The van der Waals surface area contributed by atoms with Crippen LogP contribution < -0.4 is 5.32 Å². The largest absolute Gasteiger partial charge is 0.457 e. The minimum Gasteiger partial charge on any atom is -0.457 e. The molecule has 1 amide bonds. The quantitative estimate of drug-likeness (QED) is 0.747. The number of amides is 1. The molecule has 8 heteroatoms. The lowest BCUT2D eigenvalue weighted by atomic mass is 10.1. The van der Waals surface area contributed by atoms with Gasteiger partial charge in [-0.25, -0.2) is 0 Å². The first-order valence-electron chi connectivity index (χ1n) is 5.20. The van der Waals surface area contributed by atoms with Crippen molar-refractivity contribution in [2.75, 3.05) is 5.32 Å². The summed E-state index contributed by atoms with van der Waals surface area (Å²) in [5.74, 6) is -0.696. The van der Waals surface area contributed by atoms with Crippen LogP contribution in [0.15, 0.2) is 44.1 Å². The van der Waals surface area contributed by atoms with Crippen molar-refractivity contribution in [1.82, 2.24) is 0 Å². The molecular formula is C12H6Br2F3NO2. The Labute approximate surface area is 128 Å². The summed E-state index contributed by atoms with van der Waals surface area (Å²) in [6, 6.07) is 4.85. The maximum Gasteiger partial charge on any atom is 0.418 e. The van der Waals surface area contributed by atoms with Crippen molar-refractivity contribution in [3.05, 3.63) is 50.8 Å². The van der Waals surface area contributed by atoms with Crippen molar-refractivity contribution >= 4 is 43.5 Å².